The topological polar surface area (TPSA) is 84.2 Å². The number of aryl methyl sites for hydroxylation is 2. The Kier molecular flexibility index (Phi) is 5.96. The van der Waals surface area contributed by atoms with Crippen LogP contribution in [0.2, 0.25) is 0 Å². The number of amides is 1. The number of carbonyl (C=O) groups excluding carboxylic acids is 1. The third kappa shape index (κ3) is 5.17. The number of nitrogens with one attached hydrogen (secondary N) is 1. The lowest BCUT2D eigenvalue weighted by atomic mass is 10.0. The highest BCUT2D eigenvalue weighted by molar-refractivity contribution is 5.96. The number of benzene rings is 1. The van der Waals surface area contributed by atoms with E-state index in [2.05, 4.69) is 10.4 Å². The molecule has 25 heavy (non-hydrogen) atoms. The number of aromatic nitrogens is 2. The Morgan fingerprint density at radius 3 is 2.32 bits per heavy atom. The van der Waals surface area contributed by atoms with Gasteiger partial charge in [-0.25, -0.2) is 4.79 Å². The van der Waals surface area contributed by atoms with Crippen molar-refractivity contribution < 1.29 is 14.7 Å². The van der Waals surface area contributed by atoms with Crippen LogP contribution in [0.5, 0.6) is 0 Å². The number of nitrogens with zero attached hydrogens (tertiary/aromatic N) is 2. The molecule has 2 aromatic rings. The van der Waals surface area contributed by atoms with Gasteiger partial charge in [-0.1, -0.05) is 26.0 Å². The fourth-order valence-electron chi connectivity index (χ4n) is 2.70. The monoisotopic (exact) mass is 343 g/mol. The smallest absolute Gasteiger partial charge is 0.326 e. The van der Waals surface area contributed by atoms with Crippen LogP contribution in [-0.4, -0.2) is 32.8 Å². The lowest BCUT2D eigenvalue weighted by Gasteiger charge is -2.16. The molecule has 0 saturated carbocycles. The third-order valence-corrected chi connectivity index (χ3v) is 3.96. The first-order valence-corrected chi connectivity index (χ1v) is 8.40. The minimum absolute atomic E-state index is 0.185. The van der Waals surface area contributed by atoms with Gasteiger partial charge in [0.15, 0.2) is 0 Å². The van der Waals surface area contributed by atoms with E-state index in [9.17, 15) is 14.7 Å². The SMILES string of the molecule is Cc1cc(C)n(Cc2ccc(C(=O)N[C@@H](CC(C)C)C(=O)O)cc2)n1. The molecule has 1 aromatic carbocycles. The van der Waals surface area contributed by atoms with Gasteiger partial charge in [0.2, 0.25) is 0 Å². The summed E-state index contributed by atoms with van der Waals surface area (Å²) in [6.45, 7) is 8.44. The number of hydrogen-bond acceptors (Lipinski definition) is 3. The van der Waals surface area contributed by atoms with Crippen molar-refractivity contribution in [2.75, 3.05) is 0 Å². The van der Waals surface area contributed by atoms with E-state index in [1.54, 1.807) is 12.1 Å². The second-order valence-electron chi connectivity index (χ2n) is 6.78. The van der Waals surface area contributed by atoms with Crippen LogP contribution in [0.1, 0.15) is 47.6 Å². The van der Waals surface area contributed by atoms with Gasteiger partial charge in [-0.2, -0.15) is 5.10 Å². The molecule has 0 aliphatic heterocycles. The molecular weight excluding hydrogens is 318 g/mol. The molecule has 0 fully saturated rings. The summed E-state index contributed by atoms with van der Waals surface area (Å²) in [5.41, 5.74) is 3.53. The Morgan fingerprint density at radius 2 is 1.84 bits per heavy atom. The van der Waals surface area contributed by atoms with Gasteiger partial charge < -0.3 is 10.4 Å². The van der Waals surface area contributed by atoms with Crippen molar-refractivity contribution >= 4 is 11.9 Å². The number of rotatable bonds is 7. The second-order valence-corrected chi connectivity index (χ2v) is 6.78. The first-order chi connectivity index (χ1) is 11.8. The van der Waals surface area contributed by atoms with Crippen molar-refractivity contribution in [2.45, 2.75) is 46.7 Å². The minimum atomic E-state index is -1.01. The van der Waals surface area contributed by atoms with Crippen molar-refractivity contribution in [1.82, 2.24) is 15.1 Å². The van der Waals surface area contributed by atoms with Gasteiger partial charge in [0, 0.05) is 11.3 Å². The molecule has 2 rings (SSSR count). The molecule has 0 aliphatic carbocycles. The molecular formula is C19H25N3O3. The number of aliphatic carboxylic acids is 1. The van der Waals surface area contributed by atoms with Crippen LogP contribution in [0, 0.1) is 19.8 Å². The summed E-state index contributed by atoms with van der Waals surface area (Å²) in [4.78, 5) is 23.5. The minimum Gasteiger partial charge on any atom is -0.480 e. The zero-order valence-corrected chi connectivity index (χ0v) is 15.1. The highest BCUT2D eigenvalue weighted by Crippen LogP contribution is 2.11. The van der Waals surface area contributed by atoms with Crippen LogP contribution >= 0.6 is 0 Å². The van der Waals surface area contributed by atoms with E-state index in [0.717, 1.165) is 17.0 Å². The Bertz CT molecular complexity index is 748. The van der Waals surface area contributed by atoms with E-state index in [1.807, 2.05) is 50.6 Å². The largest absolute Gasteiger partial charge is 0.480 e. The van der Waals surface area contributed by atoms with E-state index >= 15 is 0 Å². The second kappa shape index (κ2) is 7.96. The van der Waals surface area contributed by atoms with Crippen LogP contribution in [0.4, 0.5) is 0 Å². The Morgan fingerprint density at radius 1 is 1.20 bits per heavy atom. The number of carboxylic acids is 1. The zero-order valence-electron chi connectivity index (χ0n) is 15.1. The molecule has 6 nitrogen and oxygen atoms in total. The van der Waals surface area contributed by atoms with E-state index < -0.39 is 12.0 Å². The molecule has 1 atom stereocenters. The van der Waals surface area contributed by atoms with Crippen molar-refractivity contribution in [3.63, 3.8) is 0 Å². The maximum atomic E-state index is 12.3. The molecule has 0 aliphatic rings. The van der Waals surface area contributed by atoms with Gasteiger partial charge in [0.25, 0.3) is 5.91 Å². The average molecular weight is 343 g/mol. The summed E-state index contributed by atoms with van der Waals surface area (Å²) in [6, 6.07) is 8.30. The van der Waals surface area contributed by atoms with Gasteiger partial charge in [0.1, 0.15) is 6.04 Å². The van der Waals surface area contributed by atoms with Crippen LogP contribution in [0.15, 0.2) is 30.3 Å². The van der Waals surface area contributed by atoms with Crippen molar-refractivity contribution in [2.24, 2.45) is 5.92 Å². The standard InChI is InChI=1S/C19H25N3O3/c1-12(2)9-17(19(24)25)20-18(23)16-7-5-15(6-8-16)11-22-14(4)10-13(3)21-22/h5-8,10,12,17H,9,11H2,1-4H3,(H,20,23)(H,24,25)/t17-/m0/s1. The lowest BCUT2D eigenvalue weighted by molar-refractivity contribution is -0.139. The number of hydrogen-bond donors (Lipinski definition) is 2. The highest BCUT2D eigenvalue weighted by Gasteiger charge is 2.21. The van der Waals surface area contributed by atoms with Gasteiger partial charge in [-0.05, 0) is 49.9 Å². The molecule has 1 amide bonds. The highest BCUT2D eigenvalue weighted by atomic mass is 16.4. The molecule has 6 heteroatoms. The summed E-state index contributed by atoms with van der Waals surface area (Å²) in [5.74, 6) is -1.20. The lowest BCUT2D eigenvalue weighted by Crippen LogP contribution is -2.41. The van der Waals surface area contributed by atoms with Crippen molar-refractivity contribution in [3.8, 4) is 0 Å². The summed E-state index contributed by atoms with van der Waals surface area (Å²) < 4.78 is 1.91. The number of carbonyl (C=O) groups is 2. The van der Waals surface area contributed by atoms with E-state index in [0.29, 0.717) is 18.5 Å². The maximum Gasteiger partial charge on any atom is 0.326 e. The van der Waals surface area contributed by atoms with Crippen LogP contribution < -0.4 is 5.32 Å². The zero-order chi connectivity index (χ0) is 18.6. The Balaban J connectivity index is 2.04. The summed E-state index contributed by atoms with van der Waals surface area (Å²) in [7, 11) is 0. The number of carboxylic acid groups (broad SMARTS) is 1. The summed E-state index contributed by atoms with van der Waals surface area (Å²) >= 11 is 0. The molecule has 1 aromatic heterocycles. The van der Waals surface area contributed by atoms with Crippen molar-refractivity contribution in [3.05, 3.63) is 52.8 Å². The van der Waals surface area contributed by atoms with Gasteiger partial charge in [0.05, 0.1) is 12.2 Å². The van der Waals surface area contributed by atoms with Gasteiger partial charge in [-0.15, -0.1) is 0 Å². The molecule has 2 N–H and O–H groups in total. The summed E-state index contributed by atoms with van der Waals surface area (Å²) in [6.07, 6.45) is 0.400. The first kappa shape index (κ1) is 18.7. The van der Waals surface area contributed by atoms with Crippen LogP contribution in [0.3, 0.4) is 0 Å². The molecule has 134 valence electrons. The van der Waals surface area contributed by atoms with Gasteiger partial charge in [-0.3, -0.25) is 9.48 Å². The quantitative estimate of drug-likeness (QED) is 0.809. The third-order valence-electron chi connectivity index (χ3n) is 3.96. The van der Waals surface area contributed by atoms with Gasteiger partial charge >= 0.3 is 5.97 Å². The Labute approximate surface area is 147 Å². The predicted octanol–water partition coefficient (Wildman–Crippen LogP) is 2.78. The average Bonchev–Trinajstić information content (AvgIpc) is 2.84. The molecule has 0 spiro atoms. The fourth-order valence-corrected chi connectivity index (χ4v) is 2.70. The van der Waals surface area contributed by atoms with E-state index in [4.69, 9.17) is 0 Å². The van der Waals surface area contributed by atoms with E-state index in [-0.39, 0.29) is 11.8 Å². The van der Waals surface area contributed by atoms with Crippen LogP contribution in [0.25, 0.3) is 0 Å². The first-order valence-electron chi connectivity index (χ1n) is 8.40. The van der Waals surface area contributed by atoms with Crippen LogP contribution in [-0.2, 0) is 11.3 Å². The predicted molar refractivity (Wildman–Crippen MR) is 95.6 cm³/mol. The molecule has 0 unspecified atom stereocenters. The fraction of sp³-hybridized carbons (Fsp3) is 0.421. The molecule has 0 radical (unpaired) electrons. The van der Waals surface area contributed by atoms with E-state index in [1.165, 1.54) is 0 Å². The molecule has 1 heterocycles. The summed E-state index contributed by atoms with van der Waals surface area (Å²) in [5, 5.41) is 16.2. The Hall–Kier alpha value is -2.63. The maximum absolute atomic E-state index is 12.3. The molecule has 0 saturated heterocycles. The molecule has 0 bridgehead atoms. The normalized spacial score (nSPS) is 12.2. The van der Waals surface area contributed by atoms with Crippen molar-refractivity contribution in [1.29, 1.82) is 0 Å².